The van der Waals surface area contributed by atoms with Crippen LogP contribution in [-0.4, -0.2) is 59.1 Å². The summed E-state index contributed by atoms with van der Waals surface area (Å²) in [5, 5.41) is 28.9. The number of rotatable bonds is 5. The lowest BCUT2D eigenvalue weighted by Crippen LogP contribution is -2.49. The Labute approximate surface area is 164 Å². The van der Waals surface area contributed by atoms with Crippen molar-refractivity contribution < 1.29 is 5.11 Å². The highest BCUT2D eigenvalue weighted by atomic mass is 16.3. The van der Waals surface area contributed by atoms with E-state index in [1.807, 2.05) is 24.4 Å². The van der Waals surface area contributed by atoms with Crippen molar-refractivity contribution >= 4 is 11.5 Å². The zero-order valence-corrected chi connectivity index (χ0v) is 15.9. The Bertz CT molecular complexity index is 879. The molecule has 4 N–H and O–H groups in total. The number of aromatic hydroxyl groups is 1. The molecule has 0 spiro atoms. The minimum absolute atomic E-state index is 0.0819. The molecule has 8 nitrogen and oxygen atoms in total. The van der Waals surface area contributed by atoms with Gasteiger partial charge in [-0.1, -0.05) is 6.08 Å². The molecular weight excluding hydrogens is 354 g/mol. The van der Waals surface area contributed by atoms with Crippen molar-refractivity contribution in [3.63, 3.8) is 0 Å². The Morgan fingerprint density at radius 2 is 2.25 bits per heavy atom. The third-order valence-electron chi connectivity index (χ3n) is 4.85. The summed E-state index contributed by atoms with van der Waals surface area (Å²) in [4.78, 5) is 6.59. The molecule has 1 atom stereocenters. The Hall–Kier alpha value is -3.13. The molecule has 0 saturated carbocycles. The second-order valence-corrected chi connectivity index (χ2v) is 7.09. The number of nitrogens with zero attached hydrogens (tertiary/aromatic N) is 4. The first kappa shape index (κ1) is 18.2. The van der Waals surface area contributed by atoms with Crippen LogP contribution in [0.25, 0.3) is 11.4 Å². The predicted octanol–water partition coefficient (Wildman–Crippen LogP) is 1.50. The van der Waals surface area contributed by atoms with E-state index in [1.165, 1.54) is 5.57 Å². The van der Waals surface area contributed by atoms with Crippen molar-refractivity contribution in [2.75, 3.05) is 42.9 Å². The quantitative estimate of drug-likeness (QED) is 0.620. The van der Waals surface area contributed by atoms with Crippen molar-refractivity contribution in [2.45, 2.75) is 13.0 Å². The van der Waals surface area contributed by atoms with Crippen molar-refractivity contribution in [3.8, 4) is 17.1 Å². The van der Waals surface area contributed by atoms with Crippen molar-refractivity contribution in [3.05, 3.63) is 48.3 Å². The molecule has 28 heavy (non-hydrogen) atoms. The summed E-state index contributed by atoms with van der Waals surface area (Å²) >= 11 is 0. The number of pyridine rings is 1. The third-order valence-corrected chi connectivity index (χ3v) is 4.85. The fourth-order valence-electron chi connectivity index (χ4n) is 3.35. The van der Waals surface area contributed by atoms with Gasteiger partial charge in [-0.15, -0.1) is 10.2 Å². The predicted molar refractivity (Wildman–Crippen MR) is 110 cm³/mol. The summed E-state index contributed by atoms with van der Waals surface area (Å²) in [6.07, 6.45) is 7.67. The summed E-state index contributed by atoms with van der Waals surface area (Å²) < 4.78 is 0. The molecule has 2 aliphatic rings. The highest BCUT2D eigenvalue weighted by Gasteiger charge is 2.18. The maximum atomic E-state index is 10.4. The standard InChI is InChI=1S/C20H25N7O/c1-14-13-27(8-7-22-14)19-5-4-17(25-26-19)20-18(28)9-16(12-24-20)23-11-15-3-2-6-21-10-15/h2-6,9,12,14,21-23,28H,7-8,10-11,13H2,1H3. The average Bonchev–Trinajstić information content (AvgIpc) is 2.73. The van der Waals surface area contributed by atoms with E-state index in [9.17, 15) is 5.11 Å². The number of hydrogen-bond acceptors (Lipinski definition) is 8. The molecule has 0 amide bonds. The van der Waals surface area contributed by atoms with Crippen LogP contribution in [0.1, 0.15) is 6.92 Å². The van der Waals surface area contributed by atoms with E-state index in [0.29, 0.717) is 24.0 Å². The Morgan fingerprint density at radius 3 is 2.96 bits per heavy atom. The number of dihydropyridines is 1. The molecule has 4 rings (SSSR count). The molecule has 1 unspecified atom stereocenters. The lowest BCUT2D eigenvalue weighted by molar-refractivity contribution is 0.475. The van der Waals surface area contributed by atoms with Gasteiger partial charge in [0.25, 0.3) is 0 Å². The monoisotopic (exact) mass is 379 g/mol. The summed E-state index contributed by atoms with van der Waals surface area (Å²) in [6, 6.07) is 5.89. The van der Waals surface area contributed by atoms with Crippen LogP contribution in [0.2, 0.25) is 0 Å². The minimum atomic E-state index is 0.0819. The minimum Gasteiger partial charge on any atom is -0.506 e. The Balaban J connectivity index is 1.43. The number of hydrogen-bond donors (Lipinski definition) is 4. The van der Waals surface area contributed by atoms with E-state index in [0.717, 1.165) is 37.7 Å². The smallest absolute Gasteiger partial charge is 0.151 e. The van der Waals surface area contributed by atoms with Gasteiger partial charge in [-0.3, -0.25) is 0 Å². The molecule has 2 aliphatic heterocycles. The van der Waals surface area contributed by atoms with Crippen LogP contribution >= 0.6 is 0 Å². The molecular formula is C20H25N7O. The first-order valence-corrected chi connectivity index (χ1v) is 9.52. The summed E-state index contributed by atoms with van der Waals surface area (Å²) in [7, 11) is 0. The van der Waals surface area contributed by atoms with Gasteiger partial charge < -0.3 is 26.0 Å². The molecule has 0 aliphatic carbocycles. The van der Waals surface area contributed by atoms with Crippen molar-refractivity contribution in [2.24, 2.45) is 0 Å². The number of piperazine rings is 1. The van der Waals surface area contributed by atoms with Crippen LogP contribution in [0, 0.1) is 0 Å². The SMILES string of the molecule is CC1CN(c2ccc(-c3ncc(NCC4=CC=CNC4)cc3O)nn2)CCN1. The van der Waals surface area contributed by atoms with Gasteiger partial charge in [0.05, 0.1) is 11.9 Å². The summed E-state index contributed by atoms with van der Waals surface area (Å²) in [6.45, 7) is 6.40. The maximum Gasteiger partial charge on any atom is 0.151 e. The molecule has 2 aromatic rings. The van der Waals surface area contributed by atoms with E-state index in [1.54, 1.807) is 12.3 Å². The summed E-state index contributed by atoms with van der Waals surface area (Å²) in [5.41, 5.74) is 2.98. The second-order valence-electron chi connectivity index (χ2n) is 7.09. The van der Waals surface area contributed by atoms with Crippen LogP contribution in [0.3, 0.4) is 0 Å². The fraction of sp³-hybridized carbons (Fsp3) is 0.350. The Morgan fingerprint density at radius 1 is 1.32 bits per heavy atom. The number of nitrogens with one attached hydrogen (secondary N) is 3. The maximum absolute atomic E-state index is 10.4. The lowest BCUT2D eigenvalue weighted by Gasteiger charge is -2.32. The molecule has 1 saturated heterocycles. The highest BCUT2D eigenvalue weighted by Crippen LogP contribution is 2.28. The third kappa shape index (κ3) is 4.23. The molecule has 0 aromatic carbocycles. The van der Waals surface area contributed by atoms with Crippen molar-refractivity contribution in [1.82, 2.24) is 25.8 Å². The fourth-order valence-corrected chi connectivity index (χ4v) is 3.35. The molecule has 4 heterocycles. The van der Waals surface area contributed by atoms with Gasteiger partial charge in [-0.2, -0.15) is 0 Å². The van der Waals surface area contributed by atoms with E-state index >= 15 is 0 Å². The topological polar surface area (TPSA) is 98.2 Å². The normalized spacial score (nSPS) is 19.1. The number of anilines is 2. The zero-order valence-electron chi connectivity index (χ0n) is 15.9. The van der Waals surface area contributed by atoms with Gasteiger partial charge in [0.1, 0.15) is 17.1 Å². The van der Waals surface area contributed by atoms with Gasteiger partial charge in [-0.05, 0) is 36.9 Å². The molecule has 146 valence electrons. The zero-order chi connectivity index (χ0) is 19.3. The van der Waals surface area contributed by atoms with E-state index in [2.05, 4.69) is 49.0 Å². The summed E-state index contributed by atoms with van der Waals surface area (Å²) in [5.74, 6) is 0.928. The number of aromatic nitrogens is 3. The van der Waals surface area contributed by atoms with Gasteiger partial charge >= 0.3 is 0 Å². The largest absolute Gasteiger partial charge is 0.506 e. The van der Waals surface area contributed by atoms with E-state index < -0.39 is 0 Å². The molecule has 0 radical (unpaired) electrons. The molecule has 0 bridgehead atoms. The van der Waals surface area contributed by atoms with Gasteiger partial charge in [-0.25, -0.2) is 4.98 Å². The van der Waals surface area contributed by atoms with Crippen LogP contribution < -0.4 is 20.9 Å². The average molecular weight is 379 g/mol. The highest BCUT2D eigenvalue weighted by molar-refractivity contribution is 5.66. The second kappa shape index (κ2) is 8.26. The number of allylic oxidation sites excluding steroid dienone is 2. The molecule has 1 fully saturated rings. The van der Waals surface area contributed by atoms with Gasteiger partial charge in [0.15, 0.2) is 5.82 Å². The van der Waals surface area contributed by atoms with Gasteiger partial charge in [0, 0.05) is 44.8 Å². The molecule has 8 heteroatoms. The van der Waals surface area contributed by atoms with Crippen molar-refractivity contribution in [1.29, 1.82) is 0 Å². The van der Waals surface area contributed by atoms with Gasteiger partial charge in [0.2, 0.25) is 0 Å². The van der Waals surface area contributed by atoms with Crippen LogP contribution in [0.15, 0.2) is 48.3 Å². The first-order chi connectivity index (χ1) is 13.7. The Kier molecular flexibility index (Phi) is 5.38. The van der Waals surface area contributed by atoms with Crippen LogP contribution in [-0.2, 0) is 0 Å². The van der Waals surface area contributed by atoms with Crippen LogP contribution in [0.4, 0.5) is 11.5 Å². The van der Waals surface area contributed by atoms with E-state index in [4.69, 9.17) is 0 Å². The lowest BCUT2D eigenvalue weighted by atomic mass is 10.2. The first-order valence-electron chi connectivity index (χ1n) is 9.52. The van der Waals surface area contributed by atoms with E-state index in [-0.39, 0.29) is 5.75 Å². The van der Waals surface area contributed by atoms with Crippen LogP contribution in [0.5, 0.6) is 5.75 Å². The molecule has 2 aromatic heterocycles.